The van der Waals surface area contributed by atoms with E-state index in [1.807, 2.05) is 24.3 Å². The molecule has 0 saturated heterocycles. The first kappa shape index (κ1) is 13.9. The molecule has 2 aromatic rings. The van der Waals surface area contributed by atoms with Gasteiger partial charge in [-0.05, 0) is 52.4 Å². The summed E-state index contributed by atoms with van der Waals surface area (Å²) in [4.78, 5) is 12.2. The van der Waals surface area contributed by atoms with Gasteiger partial charge in [0.15, 0.2) is 5.78 Å². The van der Waals surface area contributed by atoms with Crippen LogP contribution >= 0.6 is 22.6 Å². The van der Waals surface area contributed by atoms with Crippen LogP contribution in [-0.2, 0) is 6.42 Å². The number of ether oxygens (including phenoxy) is 1. The Morgan fingerprint density at radius 3 is 2.47 bits per heavy atom. The number of anilines is 1. The molecule has 2 aromatic carbocycles. The lowest BCUT2D eigenvalue weighted by Crippen LogP contribution is -2.07. The standard InChI is InChI=1S/C15H14INO2/c1-19-12-6-7-13(14(17)9-12)15(18)8-10-2-4-11(16)5-3-10/h2-7,9H,8,17H2,1H3. The summed E-state index contributed by atoms with van der Waals surface area (Å²) < 4.78 is 6.22. The maximum absolute atomic E-state index is 12.2. The van der Waals surface area contributed by atoms with Gasteiger partial charge in [0.25, 0.3) is 0 Å². The molecule has 0 fully saturated rings. The first-order valence-corrected chi connectivity index (χ1v) is 6.89. The molecule has 0 heterocycles. The second-order valence-electron chi connectivity index (χ2n) is 4.18. The molecule has 0 atom stereocenters. The summed E-state index contributed by atoms with van der Waals surface area (Å²) in [7, 11) is 1.57. The number of ketones is 1. The van der Waals surface area contributed by atoms with Gasteiger partial charge in [-0.1, -0.05) is 12.1 Å². The fourth-order valence-electron chi connectivity index (χ4n) is 1.80. The molecule has 0 aromatic heterocycles. The zero-order valence-corrected chi connectivity index (χ0v) is 12.7. The molecule has 0 radical (unpaired) electrons. The Bertz CT molecular complexity index is 594. The molecule has 0 aliphatic rings. The number of Topliss-reactive ketones (excluding diaryl/α,β-unsaturated/α-hetero) is 1. The Balaban J connectivity index is 2.18. The quantitative estimate of drug-likeness (QED) is 0.513. The number of hydrogen-bond acceptors (Lipinski definition) is 3. The monoisotopic (exact) mass is 367 g/mol. The van der Waals surface area contributed by atoms with Gasteiger partial charge in [-0.2, -0.15) is 0 Å². The van der Waals surface area contributed by atoms with Crippen molar-refractivity contribution in [3.05, 3.63) is 57.2 Å². The van der Waals surface area contributed by atoms with E-state index in [1.54, 1.807) is 25.3 Å². The molecule has 0 bridgehead atoms. The van der Waals surface area contributed by atoms with Crippen molar-refractivity contribution < 1.29 is 9.53 Å². The minimum atomic E-state index is 0.0151. The van der Waals surface area contributed by atoms with Crippen molar-refractivity contribution in [3.8, 4) is 5.75 Å². The molecular weight excluding hydrogens is 353 g/mol. The predicted octanol–water partition coefficient (Wildman–Crippen LogP) is 3.31. The number of benzene rings is 2. The van der Waals surface area contributed by atoms with Gasteiger partial charge in [-0.15, -0.1) is 0 Å². The Morgan fingerprint density at radius 2 is 1.89 bits per heavy atom. The highest BCUT2D eigenvalue weighted by atomic mass is 127. The molecule has 0 aliphatic heterocycles. The van der Waals surface area contributed by atoms with E-state index in [2.05, 4.69) is 22.6 Å². The fraction of sp³-hybridized carbons (Fsp3) is 0.133. The van der Waals surface area contributed by atoms with Gasteiger partial charge in [-0.25, -0.2) is 0 Å². The molecule has 98 valence electrons. The zero-order valence-electron chi connectivity index (χ0n) is 10.5. The van der Waals surface area contributed by atoms with Crippen molar-refractivity contribution in [1.82, 2.24) is 0 Å². The number of nitrogens with two attached hydrogens (primary N) is 1. The van der Waals surface area contributed by atoms with Gasteiger partial charge >= 0.3 is 0 Å². The van der Waals surface area contributed by atoms with E-state index < -0.39 is 0 Å². The lowest BCUT2D eigenvalue weighted by molar-refractivity contribution is 0.0994. The summed E-state index contributed by atoms with van der Waals surface area (Å²) in [5, 5.41) is 0. The normalized spacial score (nSPS) is 10.2. The summed E-state index contributed by atoms with van der Waals surface area (Å²) in [5.74, 6) is 0.671. The van der Waals surface area contributed by atoms with E-state index >= 15 is 0 Å². The number of rotatable bonds is 4. The average molecular weight is 367 g/mol. The second kappa shape index (κ2) is 6.06. The third-order valence-corrected chi connectivity index (χ3v) is 3.56. The molecule has 0 unspecified atom stereocenters. The van der Waals surface area contributed by atoms with Crippen molar-refractivity contribution in [2.75, 3.05) is 12.8 Å². The molecule has 2 rings (SSSR count). The van der Waals surface area contributed by atoms with E-state index in [0.29, 0.717) is 23.4 Å². The van der Waals surface area contributed by atoms with Gasteiger partial charge in [0.2, 0.25) is 0 Å². The number of carbonyl (C=O) groups excluding carboxylic acids is 1. The molecule has 0 saturated carbocycles. The number of halogens is 1. The Hall–Kier alpha value is -1.56. The topological polar surface area (TPSA) is 52.3 Å². The highest BCUT2D eigenvalue weighted by molar-refractivity contribution is 14.1. The van der Waals surface area contributed by atoms with Gasteiger partial charge in [0.05, 0.1) is 7.11 Å². The Labute approximate surface area is 125 Å². The molecule has 0 amide bonds. The second-order valence-corrected chi connectivity index (χ2v) is 5.43. The number of hydrogen-bond donors (Lipinski definition) is 1. The third kappa shape index (κ3) is 3.47. The summed E-state index contributed by atoms with van der Waals surface area (Å²) in [6, 6.07) is 13.0. The van der Waals surface area contributed by atoms with Crippen LogP contribution in [0.15, 0.2) is 42.5 Å². The Morgan fingerprint density at radius 1 is 1.21 bits per heavy atom. The molecule has 2 N–H and O–H groups in total. The highest BCUT2D eigenvalue weighted by Crippen LogP contribution is 2.21. The minimum Gasteiger partial charge on any atom is -0.497 e. The van der Waals surface area contributed by atoms with E-state index in [1.165, 1.54) is 0 Å². The molecule has 3 nitrogen and oxygen atoms in total. The summed E-state index contributed by atoms with van der Waals surface area (Å²) in [5.41, 5.74) is 7.85. The van der Waals surface area contributed by atoms with Crippen LogP contribution in [-0.4, -0.2) is 12.9 Å². The van der Waals surface area contributed by atoms with Crippen molar-refractivity contribution in [2.45, 2.75) is 6.42 Å². The van der Waals surface area contributed by atoms with Crippen molar-refractivity contribution >= 4 is 34.1 Å². The van der Waals surface area contributed by atoms with Crippen LogP contribution in [0.4, 0.5) is 5.69 Å². The van der Waals surface area contributed by atoms with Gasteiger partial charge < -0.3 is 10.5 Å². The van der Waals surface area contributed by atoms with Crippen LogP contribution in [0.3, 0.4) is 0 Å². The van der Waals surface area contributed by atoms with E-state index in [-0.39, 0.29) is 5.78 Å². The van der Waals surface area contributed by atoms with Crippen LogP contribution in [0.1, 0.15) is 15.9 Å². The maximum atomic E-state index is 12.2. The molecule has 0 aliphatic carbocycles. The van der Waals surface area contributed by atoms with Crippen LogP contribution in [0, 0.1) is 3.57 Å². The average Bonchev–Trinajstić information content (AvgIpc) is 2.41. The largest absolute Gasteiger partial charge is 0.497 e. The van der Waals surface area contributed by atoms with Gasteiger partial charge in [0.1, 0.15) is 5.75 Å². The lowest BCUT2D eigenvalue weighted by Gasteiger charge is -2.07. The van der Waals surface area contributed by atoms with Crippen molar-refractivity contribution in [1.29, 1.82) is 0 Å². The molecule has 4 heteroatoms. The number of carbonyl (C=O) groups is 1. The smallest absolute Gasteiger partial charge is 0.169 e. The summed E-state index contributed by atoms with van der Waals surface area (Å²) >= 11 is 2.24. The Kier molecular flexibility index (Phi) is 4.42. The first-order chi connectivity index (χ1) is 9.10. The SMILES string of the molecule is COc1ccc(C(=O)Cc2ccc(I)cc2)c(N)c1. The molecule has 0 spiro atoms. The van der Waals surface area contributed by atoms with Gasteiger partial charge in [0, 0.05) is 27.3 Å². The third-order valence-electron chi connectivity index (χ3n) is 2.84. The van der Waals surface area contributed by atoms with Crippen LogP contribution < -0.4 is 10.5 Å². The van der Waals surface area contributed by atoms with E-state index in [4.69, 9.17) is 10.5 Å². The van der Waals surface area contributed by atoms with Crippen LogP contribution in [0.5, 0.6) is 5.75 Å². The lowest BCUT2D eigenvalue weighted by atomic mass is 10.0. The molecule has 19 heavy (non-hydrogen) atoms. The van der Waals surface area contributed by atoms with Crippen molar-refractivity contribution in [3.63, 3.8) is 0 Å². The van der Waals surface area contributed by atoms with Gasteiger partial charge in [-0.3, -0.25) is 4.79 Å². The first-order valence-electron chi connectivity index (χ1n) is 5.81. The number of methoxy groups -OCH3 is 1. The number of nitrogen functional groups attached to an aromatic ring is 1. The summed E-state index contributed by atoms with van der Waals surface area (Å²) in [6.07, 6.45) is 0.355. The molecular formula is C15H14INO2. The predicted molar refractivity (Wildman–Crippen MR) is 84.6 cm³/mol. The summed E-state index contributed by atoms with van der Waals surface area (Å²) in [6.45, 7) is 0. The van der Waals surface area contributed by atoms with Crippen LogP contribution in [0.25, 0.3) is 0 Å². The van der Waals surface area contributed by atoms with Crippen LogP contribution in [0.2, 0.25) is 0 Å². The highest BCUT2D eigenvalue weighted by Gasteiger charge is 2.11. The fourth-order valence-corrected chi connectivity index (χ4v) is 2.16. The van der Waals surface area contributed by atoms with E-state index in [9.17, 15) is 4.79 Å². The maximum Gasteiger partial charge on any atom is 0.169 e. The van der Waals surface area contributed by atoms with Crippen molar-refractivity contribution in [2.24, 2.45) is 0 Å². The van der Waals surface area contributed by atoms with E-state index in [0.717, 1.165) is 9.13 Å². The zero-order chi connectivity index (χ0) is 13.8. The minimum absolute atomic E-state index is 0.0151.